The van der Waals surface area contributed by atoms with E-state index < -0.39 is 23.0 Å². The van der Waals surface area contributed by atoms with Gasteiger partial charge in [0.15, 0.2) is 0 Å². The summed E-state index contributed by atoms with van der Waals surface area (Å²) in [4.78, 5) is 11.2. The Hall–Kier alpha value is -2.76. The van der Waals surface area contributed by atoms with Gasteiger partial charge in [-0.15, -0.1) is 0 Å². The second kappa shape index (κ2) is 6.13. The normalized spacial score (nSPS) is 10.2. The summed E-state index contributed by atoms with van der Waals surface area (Å²) in [5, 5.41) is 9.12. The van der Waals surface area contributed by atoms with E-state index in [9.17, 15) is 9.18 Å². The molecule has 21 heavy (non-hydrogen) atoms. The van der Waals surface area contributed by atoms with Gasteiger partial charge in [0.25, 0.3) is 0 Å². The van der Waals surface area contributed by atoms with Crippen LogP contribution in [0.1, 0.15) is 17.3 Å². The maximum Gasteiger partial charge on any atom is 0.341 e. The minimum Gasteiger partial charge on any atom is -0.494 e. The van der Waals surface area contributed by atoms with Gasteiger partial charge in [0.1, 0.15) is 28.6 Å². The first-order valence-electron chi connectivity index (χ1n) is 6.25. The zero-order valence-electron chi connectivity index (χ0n) is 11.3. The van der Waals surface area contributed by atoms with Crippen molar-refractivity contribution < 1.29 is 23.8 Å². The van der Waals surface area contributed by atoms with Crippen molar-refractivity contribution in [1.82, 2.24) is 0 Å². The fourth-order valence-corrected chi connectivity index (χ4v) is 1.78. The van der Waals surface area contributed by atoms with Crippen LogP contribution in [0.5, 0.6) is 17.2 Å². The van der Waals surface area contributed by atoms with Gasteiger partial charge in [-0.05, 0) is 43.3 Å². The highest BCUT2D eigenvalue weighted by Gasteiger charge is 2.19. The molecule has 0 radical (unpaired) electrons. The molecule has 0 spiro atoms. The number of ether oxygens (including phenoxy) is 2. The third kappa shape index (κ3) is 3.22. The van der Waals surface area contributed by atoms with Crippen LogP contribution in [0.3, 0.4) is 0 Å². The van der Waals surface area contributed by atoms with Gasteiger partial charge < -0.3 is 20.3 Å². The molecule has 0 aliphatic carbocycles. The van der Waals surface area contributed by atoms with E-state index in [2.05, 4.69) is 0 Å². The van der Waals surface area contributed by atoms with Gasteiger partial charge in [-0.3, -0.25) is 0 Å². The molecule has 0 atom stereocenters. The van der Waals surface area contributed by atoms with Crippen LogP contribution in [-0.2, 0) is 0 Å². The number of carbonyl (C=O) groups is 1. The smallest absolute Gasteiger partial charge is 0.341 e. The number of aromatic carboxylic acids is 1. The van der Waals surface area contributed by atoms with Crippen LogP contribution in [0, 0.1) is 5.82 Å². The molecule has 0 heterocycles. The molecule has 0 saturated carbocycles. The van der Waals surface area contributed by atoms with E-state index in [4.69, 9.17) is 20.3 Å². The molecule has 2 aromatic carbocycles. The molecular weight excluding hydrogens is 277 g/mol. The number of benzene rings is 2. The van der Waals surface area contributed by atoms with E-state index >= 15 is 0 Å². The van der Waals surface area contributed by atoms with Crippen LogP contribution in [-0.4, -0.2) is 17.7 Å². The number of carboxylic acid groups (broad SMARTS) is 1. The lowest BCUT2D eigenvalue weighted by Crippen LogP contribution is -2.07. The summed E-state index contributed by atoms with van der Waals surface area (Å²) < 4.78 is 24.1. The zero-order valence-corrected chi connectivity index (χ0v) is 11.3. The average Bonchev–Trinajstić information content (AvgIpc) is 2.45. The van der Waals surface area contributed by atoms with Crippen LogP contribution >= 0.6 is 0 Å². The predicted octanol–water partition coefficient (Wildman–Crippen LogP) is 3.30. The molecule has 0 saturated heterocycles. The Labute approximate surface area is 120 Å². The Bertz CT molecular complexity index is 655. The van der Waals surface area contributed by atoms with E-state index in [1.165, 1.54) is 6.07 Å². The Morgan fingerprint density at radius 1 is 1.19 bits per heavy atom. The molecule has 6 heteroatoms. The highest BCUT2D eigenvalue weighted by atomic mass is 19.1. The van der Waals surface area contributed by atoms with E-state index in [-0.39, 0.29) is 5.75 Å². The minimum atomic E-state index is -1.35. The largest absolute Gasteiger partial charge is 0.494 e. The van der Waals surface area contributed by atoms with Crippen molar-refractivity contribution in [3.05, 3.63) is 47.8 Å². The van der Waals surface area contributed by atoms with E-state index in [0.29, 0.717) is 18.1 Å². The standard InChI is InChI=1S/C15H14FNO4/c1-2-20-9-3-5-10(6-4-9)21-12-8-7-11(16)14(17)13(12)15(18)19/h3-8H,2,17H2,1H3,(H,18,19). The Kier molecular flexibility index (Phi) is 4.27. The summed E-state index contributed by atoms with van der Waals surface area (Å²) in [5.41, 5.74) is 4.59. The number of rotatable bonds is 5. The fraction of sp³-hybridized carbons (Fsp3) is 0.133. The van der Waals surface area contributed by atoms with Gasteiger partial charge in [-0.1, -0.05) is 0 Å². The molecule has 0 fully saturated rings. The van der Waals surface area contributed by atoms with Gasteiger partial charge in [0.05, 0.1) is 12.3 Å². The maximum atomic E-state index is 13.3. The predicted molar refractivity (Wildman–Crippen MR) is 75.5 cm³/mol. The van der Waals surface area contributed by atoms with Crippen molar-refractivity contribution in [1.29, 1.82) is 0 Å². The van der Waals surface area contributed by atoms with Gasteiger partial charge in [0.2, 0.25) is 0 Å². The molecule has 2 aromatic rings. The van der Waals surface area contributed by atoms with Crippen molar-refractivity contribution in [3.8, 4) is 17.2 Å². The van der Waals surface area contributed by atoms with Crippen LogP contribution in [0.15, 0.2) is 36.4 Å². The first kappa shape index (κ1) is 14.6. The lowest BCUT2D eigenvalue weighted by atomic mass is 10.1. The van der Waals surface area contributed by atoms with Crippen LogP contribution in [0.4, 0.5) is 10.1 Å². The Balaban J connectivity index is 2.31. The third-order valence-electron chi connectivity index (χ3n) is 2.73. The molecule has 0 aromatic heterocycles. The fourth-order valence-electron chi connectivity index (χ4n) is 1.78. The molecule has 0 amide bonds. The number of hydrogen-bond donors (Lipinski definition) is 2. The van der Waals surface area contributed by atoms with Crippen LogP contribution in [0.2, 0.25) is 0 Å². The third-order valence-corrected chi connectivity index (χ3v) is 2.73. The van der Waals surface area contributed by atoms with Crippen molar-refractivity contribution >= 4 is 11.7 Å². The maximum absolute atomic E-state index is 13.3. The molecule has 5 nitrogen and oxygen atoms in total. The van der Waals surface area contributed by atoms with Crippen molar-refractivity contribution in [2.24, 2.45) is 0 Å². The van der Waals surface area contributed by atoms with E-state index in [0.717, 1.165) is 6.07 Å². The second-order valence-corrected chi connectivity index (χ2v) is 4.15. The summed E-state index contributed by atoms with van der Waals surface area (Å²) in [6, 6.07) is 8.90. The number of hydrogen-bond acceptors (Lipinski definition) is 4. The summed E-state index contributed by atoms with van der Waals surface area (Å²) >= 11 is 0. The molecule has 3 N–H and O–H groups in total. The number of anilines is 1. The second-order valence-electron chi connectivity index (χ2n) is 4.15. The quantitative estimate of drug-likeness (QED) is 0.826. The van der Waals surface area contributed by atoms with Gasteiger partial charge in [-0.25, -0.2) is 9.18 Å². The SMILES string of the molecule is CCOc1ccc(Oc2ccc(F)c(N)c2C(=O)O)cc1. The summed E-state index contributed by atoms with van der Waals surface area (Å²) in [7, 11) is 0. The summed E-state index contributed by atoms with van der Waals surface area (Å²) in [6.45, 7) is 2.41. The van der Waals surface area contributed by atoms with E-state index in [1.54, 1.807) is 24.3 Å². The number of halogens is 1. The summed E-state index contributed by atoms with van der Waals surface area (Å²) in [5.74, 6) is -1.11. The minimum absolute atomic E-state index is 0.0226. The van der Waals surface area contributed by atoms with Gasteiger partial charge in [0, 0.05) is 0 Å². The lowest BCUT2D eigenvalue weighted by Gasteiger charge is -2.11. The topological polar surface area (TPSA) is 81.8 Å². The number of carboxylic acids is 1. The zero-order chi connectivity index (χ0) is 15.4. The Morgan fingerprint density at radius 2 is 1.81 bits per heavy atom. The molecular formula is C15H14FNO4. The van der Waals surface area contributed by atoms with Crippen molar-refractivity contribution in [3.63, 3.8) is 0 Å². The lowest BCUT2D eigenvalue weighted by molar-refractivity contribution is 0.0695. The van der Waals surface area contributed by atoms with Crippen molar-refractivity contribution in [2.45, 2.75) is 6.92 Å². The molecule has 0 aliphatic rings. The van der Waals surface area contributed by atoms with Crippen LogP contribution < -0.4 is 15.2 Å². The first-order valence-corrected chi connectivity index (χ1v) is 6.25. The highest BCUT2D eigenvalue weighted by Crippen LogP contribution is 2.31. The van der Waals surface area contributed by atoms with E-state index in [1.807, 2.05) is 6.92 Å². The molecule has 0 aliphatic heterocycles. The van der Waals surface area contributed by atoms with Crippen molar-refractivity contribution in [2.75, 3.05) is 12.3 Å². The number of nitrogens with two attached hydrogens (primary N) is 1. The first-order chi connectivity index (χ1) is 10.0. The monoisotopic (exact) mass is 291 g/mol. The summed E-state index contributed by atoms with van der Waals surface area (Å²) in [6.07, 6.45) is 0. The number of nitrogen functional groups attached to an aromatic ring is 1. The highest BCUT2D eigenvalue weighted by molar-refractivity contribution is 5.97. The molecule has 2 rings (SSSR count). The molecule has 0 bridgehead atoms. The van der Waals surface area contributed by atoms with Gasteiger partial charge >= 0.3 is 5.97 Å². The average molecular weight is 291 g/mol. The molecule has 0 unspecified atom stereocenters. The van der Waals surface area contributed by atoms with Crippen LogP contribution in [0.25, 0.3) is 0 Å². The molecule has 110 valence electrons. The van der Waals surface area contributed by atoms with Gasteiger partial charge in [-0.2, -0.15) is 0 Å². The Morgan fingerprint density at radius 3 is 2.38 bits per heavy atom.